The van der Waals surface area contributed by atoms with Gasteiger partial charge in [-0.15, -0.1) is 0 Å². The predicted octanol–water partition coefficient (Wildman–Crippen LogP) is 3.24. The van der Waals surface area contributed by atoms with Crippen molar-refractivity contribution in [3.63, 3.8) is 0 Å². The van der Waals surface area contributed by atoms with Crippen LogP contribution < -0.4 is 10.6 Å². The second-order valence-electron chi connectivity index (χ2n) is 5.60. The van der Waals surface area contributed by atoms with E-state index in [-0.39, 0.29) is 6.04 Å². The van der Waals surface area contributed by atoms with Crippen LogP contribution in [0, 0.1) is 0 Å². The highest BCUT2D eigenvalue weighted by atomic mass is 35.5. The molecule has 1 aliphatic rings. The summed E-state index contributed by atoms with van der Waals surface area (Å²) in [4.78, 5) is 2.43. The van der Waals surface area contributed by atoms with Gasteiger partial charge >= 0.3 is 0 Å². The number of hydrogen-bond acceptors (Lipinski definition) is 3. The average Bonchev–Trinajstić information content (AvgIpc) is 2.40. The molecule has 1 saturated heterocycles. The lowest BCUT2D eigenvalue weighted by Crippen LogP contribution is -2.37. The van der Waals surface area contributed by atoms with E-state index in [9.17, 15) is 0 Å². The number of ether oxygens (including phenoxy) is 1. The van der Waals surface area contributed by atoms with E-state index in [0.717, 1.165) is 44.0 Å². The molecule has 1 heterocycles. The number of benzene rings is 1. The maximum absolute atomic E-state index is 6.12. The Kier molecular flexibility index (Phi) is 5.70. The van der Waals surface area contributed by atoms with Crippen LogP contribution in [0.15, 0.2) is 18.2 Å². The number of rotatable bonds is 5. The molecule has 0 spiro atoms. The lowest BCUT2D eigenvalue weighted by Gasteiger charge is -2.35. The summed E-state index contributed by atoms with van der Waals surface area (Å²) in [5.74, 6) is 0. The second-order valence-corrected chi connectivity index (χ2v) is 6.03. The molecule has 0 aliphatic carbocycles. The zero-order valence-corrected chi connectivity index (χ0v) is 13.2. The minimum absolute atomic E-state index is 0.146. The molecule has 0 radical (unpaired) electrons. The summed E-state index contributed by atoms with van der Waals surface area (Å²) in [7, 11) is 0. The topological polar surface area (TPSA) is 38.5 Å². The van der Waals surface area contributed by atoms with Crippen molar-refractivity contribution in [2.24, 2.45) is 5.73 Å². The number of nitrogens with two attached hydrogens (primary N) is 1. The van der Waals surface area contributed by atoms with Crippen LogP contribution in [-0.2, 0) is 11.2 Å². The Morgan fingerprint density at radius 3 is 2.70 bits per heavy atom. The van der Waals surface area contributed by atoms with Gasteiger partial charge in [0.1, 0.15) is 0 Å². The Morgan fingerprint density at radius 1 is 1.40 bits per heavy atom. The summed E-state index contributed by atoms with van der Waals surface area (Å²) >= 11 is 6.12. The van der Waals surface area contributed by atoms with Crippen molar-refractivity contribution >= 4 is 17.3 Å². The van der Waals surface area contributed by atoms with Crippen molar-refractivity contribution < 1.29 is 4.74 Å². The molecule has 1 aliphatic heterocycles. The number of piperidine rings is 1. The van der Waals surface area contributed by atoms with E-state index >= 15 is 0 Å². The summed E-state index contributed by atoms with van der Waals surface area (Å²) in [6.07, 6.45) is 3.46. The molecular formula is C16H25ClN2O. The maximum Gasteiger partial charge on any atom is 0.0608 e. The summed E-state index contributed by atoms with van der Waals surface area (Å²) in [5, 5.41) is 0.786. The van der Waals surface area contributed by atoms with E-state index in [1.54, 1.807) is 0 Å². The number of halogens is 1. The van der Waals surface area contributed by atoms with Gasteiger partial charge in [0.2, 0.25) is 0 Å². The molecule has 4 heteroatoms. The normalized spacial score (nSPS) is 18.3. The Labute approximate surface area is 127 Å². The van der Waals surface area contributed by atoms with E-state index in [4.69, 9.17) is 22.1 Å². The highest BCUT2D eigenvalue weighted by Crippen LogP contribution is 2.28. The van der Waals surface area contributed by atoms with Crippen LogP contribution in [0.2, 0.25) is 5.02 Å². The molecule has 0 saturated carbocycles. The van der Waals surface area contributed by atoms with E-state index in [0.29, 0.717) is 6.10 Å². The molecule has 1 fully saturated rings. The van der Waals surface area contributed by atoms with E-state index in [1.165, 1.54) is 11.3 Å². The Morgan fingerprint density at radius 2 is 2.10 bits per heavy atom. The van der Waals surface area contributed by atoms with Gasteiger partial charge in [-0.1, -0.05) is 11.6 Å². The van der Waals surface area contributed by atoms with Gasteiger partial charge in [0.05, 0.1) is 6.10 Å². The van der Waals surface area contributed by atoms with Gasteiger partial charge in [0.15, 0.2) is 0 Å². The third kappa shape index (κ3) is 4.11. The van der Waals surface area contributed by atoms with Gasteiger partial charge in [-0.05, 0) is 56.9 Å². The molecule has 0 bridgehead atoms. The van der Waals surface area contributed by atoms with Crippen LogP contribution in [-0.4, -0.2) is 31.8 Å². The predicted molar refractivity (Wildman–Crippen MR) is 85.7 cm³/mol. The molecule has 0 amide bonds. The molecule has 1 aromatic carbocycles. The smallest absolute Gasteiger partial charge is 0.0608 e. The summed E-state index contributed by atoms with van der Waals surface area (Å²) < 4.78 is 5.71. The highest BCUT2D eigenvalue weighted by Gasteiger charge is 2.21. The van der Waals surface area contributed by atoms with Crippen LogP contribution in [0.4, 0.5) is 5.69 Å². The zero-order valence-electron chi connectivity index (χ0n) is 12.4. The standard InChI is InChI=1S/C16H25ClN2O/c1-3-20-15-6-8-19(9-7-15)16-5-4-14(17)11-13(16)10-12(2)18/h4-5,11-12,15H,3,6-10,18H2,1-2H3. The quantitative estimate of drug-likeness (QED) is 0.906. The monoisotopic (exact) mass is 296 g/mol. The molecule has 20 heavy (non-hydrogen) atoms. The van der Waals surface area contributed by atoms with E-state index in [2.05, 4.69) is 24.0 Å². The van der Waals surface area contributed by atoms with Gasteiger partial charge < -0.3 is 15.4 Å². The number of nitrogens with zero attached hydrogens (tertiary/aromatic N) is 1. The lowest BCUT2D eigenvalue weighted by molar-refractivity contribution is 0.0459. The molecule has 112 valence electrons. The van der Waals surface area contributed by atoms with E-state index < -0.39 is 0 Å². The van der Waals surface area contributed by atoms with Gasteiger partial charge in [-0.3, -0.25) is 0 Å². The molecular weight excluding hydrogens is 272 g/mol. The molecule has 1 aromatic rings. The first-order valence-electron chi connectivity index (χ1n) is 7.50. The van der Waals surface area contributed by atoms with Gasteiger partial charge in [0, 0.05) is 36.4 Å². The zero-order chi connectivity index (χ0) is 14.5. The lowest BCUT2D eigenvalue weighted by atomic mass is 10.0. The van der Waals surface area contributed by atoms with Crippen molar-refractivity contribution in [2.75, 3.05) is 24.6 Å². The summed E-state index contributed by atoms with van der Waals surface area (Å²) in [5.41, 5.74) is 8.48. The average molecular weight is 297 g/mol. The van der Waals surface area contributed by atoms with Crippen LogP contribution in [0.5, 0.6) is 0 Å². The summed E-state index contributed by atoms with van der Waals surface area (Å²) in [6, 6.07) is 6.29. The first-order valence-corrected chi connectivity index (χ1v) is 7.88. The van der Waals surface area contributed by atoms with Crippen LogP contribution in [0.25, 0.3) is 0 Å². The maximum atomic E-state index is 6.12. The van der Waals surface area contributed by atoms with Gasteiger partial charge in [-0.2, -0.15) is 0 Å². The molecule has 1 unspecified atom stereocenters. The van der Waals surface area contributed by atoms with Gasteiger partial charge in [-0.25, -0.2) is 0 Å². The SMILES string of the molecule is CCOC1CCN(c2ccc(Cl)cc2CC(C)N)CC1. The molecule has 2 N–H and O–H groups in total. The number of anilines is 1. The van der Waals surface area contributed by atoms with Crippen molar-refractivity contribution in [1.82, 2.24) is 0 Å². The molecule has 2 rings (SSSR count). The Hall–Kier alpha value is -0.770. The van der Waals surface area contributed by atoms with Crippen molar-refractivity contribution in [2.45, 2.75) is 45.3 Å². The van der Waals surface area contributed by atoms with E-state index in [1.807, 2.05) is 13.0 Å². The molecule has 0 aromatic heterocycles. The molecule has 1 atom stereocenters. The van der Waals surface area contributed by atoms with Crippen LogP contribution in [0.1, 0.15) is 32.3 Å². The highest BCUT2D eigenvalue weighted by molar-refractivity contribution is 6.30. The molecule has 3 nitrogen and oxygen atoms in total. The summed E-state index contributed by atoms with van der Waals surface area (Å²) in [6.45, 7) is 6.98. The third-order valence-corrected chi connectivity index (χ3v) is 4.00. The minimum atomic E-state index is 0.146. The van der Waals surface area contributed by atoms with Crippen molar-refractivity contribution in [1.29, 1.82) is 0 Å². The van der Waals surface area contributed by atoms with Crippen molar-refractivity contribution in [3.8, 4) is 0 Å². The Bertz CT molecular complexity index is 428. The minimum Gasteiger partial charge on any atom is -0.378 e. The largest absolute Gasteiger partial charge is 0.378 e. The van der Waals surface area contributed by atoms with Crippen LogP contribution in [0.3, 0.4) is 0 Å². The fourth-order valence-corrected chi connectivity index (χ4v) is 3.07. The Balaban J connectivity index is 2.09. The second kappa shape index (κ2) is 7.30. The fraction of sp³-hybridized carbons (Fsp3) is 0.625. The first-order chi connectivity index (χ1) is 9.60. The van der Waals surface area contributed by atoms with Crippen LogP contribution >= 0.6 is 11.6 Å². The number of hydrogen-bond donors (Lipinski definition) is 1. The van der Waals surface area contributed by atoms with Crippen molar-refractivity contribution in [3.05, 3.63) is 28.8 Å². The van der Waals surface area contributed by atoms with Gasteiger partial charge in [0.25, 0.3) is 0 Å². The third-order valence-electron chi connectivity index (χ3n) is 3.77. The fourth-order valence-electron chi connectivity index (χ4n) is 2.87. The first kappa shape index (κ1) is 15.6.